The van der Waals surface area contributed by atoms with Crippen LogP contribution in [0.3, 0.4) is 0 Å². The molecule has 0 bridgehead atoms. The summed E-state index contributed by atoms with van der Waals surface area (Å²) < 4.78 is 17.2. The average Bonchev–Trinajstić information content (AvgIpc) is 2.64. The Kier molecular flexibility index (Phi) is 3.28. The topological polar surface area (TPSA) is 30.7 Å². The van der Waals surface area contributed by atoms with Crippen LogP contribution in [-0.4, -0.2) is 14.8 Å². The second kappa shape index (κ2) is 4.56. The maximum Gasteiger partial charge on any atom is 0.140 e. The molecule has 1 aromatic carbocycles. The van der Waals surface area contributed by atoms with Crippen molar-refractivity contribution in [3.05, 3.63) is 46.5 Å². The number of aryl methyl sites for hydroxylation is 1. The molecule has 0 amide bonds. The molecule has 0 fully saturated rings. The Labute approximate surface area is 108 Å². The zero-order valence-electron chi connectivity index (χ0n) is 9.69. The van der Waals surface area contributed by atoms with Crippen molar-refractivity contribution in [2.24, 2.45) is 7.05 Å². The van der Waals surface area contributed by atoms with Gasteiger partial charge in [0.2, 0.25) is 0 Å². The summed E-state index contributed by atoms with van der Waals surface area (Å²) in [6.45, 7) is 1.56. The lowest BCUT2D eigenvalue weighted by Gasteiger charge is -2.20. The monoisotopic (exact) mass is 297 g/mol. The molecule has 1 atom stereocenters. The van der Waals surface area contributed by atoms with Crippen LogP contribution in [0.1, 0.15) is 18.3 Å². The molecule has 1 heterocycles. The van der Waals surface area contributed by atoms with Crippen molar-refractivity contribution < 1.29 is 4.39 Å². The van der Waals surface area contributed by atoms with Gasteiger partial charge in [-0.1, -0.05) is 28.1 Å². The third-order valence-electron chi connectivity index (χ3n) is 2.72. The Morgan fingerprint density at radius 2 is 2.24 bits per heavy atom. The zero-order chi connectivity index (χ0) is 12.5. The van der Waals surface area contributed by atoms with Crippen molar-refractivity contribution in [1.29, 1.82) is 0 Å². The minimum absolute atomic E-state index is 0.208. The molecule has 17 heavy (non-hydrogen) atoms. The quantitative estimate of drug-likeness (QED) is 0.872. The highest BCUT2D eigenvalue weighted by Gasteiger charge is 2.28. The van der Waals surface area contributed by atoms with Gasteiger partial charge in [0.25, 0.3) is 0 Å². The molecule has 0 aliphatic carbocycles. The second-order valence-electron chi connectivity index (χ2n) is 4.24. The Bertz CT molecular complexity index is 522. The fourth-order valence-electron chi connectivity index (χ4n) is 1.68. The average molecular weight is 298 g/mol. The Hall–Kier alpha value is -1.23. The Balaban J connectivity index is 2.27. The number of benzene rings is 1. The molecule has 2 aromatic rings. The molecule has 0 unspecified atom stereocenters. The maximum absolute atomic E-state index is 14.6. The van der Waals surface area contributed by atoms with Crippen LogP contribution in [0, 0.1) is 0 Å². The first-order valence-electron chi connectivity index (χ1n) is 5.27. The van der Waals surface area contributed by atoms with E-state index in [0.717, 1.165) is 4.47 Å². The molecule has 0 aliphatic rings. The van der Waals surface area contributed by atoms with Crippen molar-refractivity contribution in [1.82, 2.24) is 14.8 Å². The first-order chi connectivity index (χ1) is 7.99. The van der Waals surface area contributed by atoms with Crippen molar-refractivity contribution in [3.63, 3.8) is 0 Å². The summed E-state index contributed by atoms with van der Waals surface area (Å²) in [5.41, 5.74) is -0.820. The molecule has 0 radical (unpaired) electrons. The SMILES string of the molecule is Cn1cnnc1C[C@](C)(F)c1cccc(Br)c1. The Morgan fingerprint density at radius 3 is 2.82 bits per heavy atom. The van der Waals surface area contributed by atoms with Crippen LogP contribution in [0.15, 0.2) is 35.1 Å². The predicted octanol–water partition coefficient (Wildman–Crippen LogP) is 3.01. The summed E-state index contributed by atoms with van der Waals surface area (Å²) in [6.07, 6.45) is 1.78. The van der Waals surface area contributed by atoms with E-state index in [-0.39, 0.29) is 6.42 Å². The minimum atomic E-state index is -1.45. The summed E-state index contributed by atoms with van der Waals surface area (Å²) in [5.74, 6) is 0.634. The molecule has 0 saturated heterocycles. The number of aromatic nitrogens is 3. The number of rotatable bonds is 3. The van der Waals surface area contributed by atoms with E-state index >= 15 is 0 Å². The van der Waals surface area contributed by atoms with Gasteiger partial charge in [0.05, 0.1) is 0 Å². The summed E-state index contributed by atoms with van der Waals surface area (Å²) in [4.78, 5) is 0. The highest BCUT2D eigenvalue weighted by molar-refractivity contribution is 9.10. The van der Waals surface area contributed by atoms with E-state index in [1.54, 1.807) is 30.0 Å². The van der Waals surface area contributed by atoms with Gasteiger partial charge in [-0.2, -0.15) is 0 Å². The van der Waals surface area contributed by atoms with E-state index < -0.39 is 5.67 Å². The summed E-state index contributed by atoms with van der Waals surface area (Å²) >= 11 is 3.35. The van der Waals surface area contributed by atoms with E-state index in [0.29, 0.717) is 11.4 Å². The van der Waals surface area contributed by atoms with Crippen LogP contribution in [0.25, 0.3) is 0 Å². The third kappa shape index (κ3) is 2.72. The summed E-state index contributed by atoms with van der Waals surface area (Å²) in [5, 5.41) is 7.66. The molecule has 1 aromatic heterocycles. The molecular formula is C12H13BrFN3. The van der Waals surface area contributed by atoms with E-state index in [4.69, 9.17) is 0 Å². The molecule has 5 heteroatoms. The molecule has 2 rings (SSSR count). The van der Waals surface area contributed by atoms with Gasteiger partial charge in [-0.15, -0.1) is 10.2 Å². The lowest BCUT2D eigenvalue weighted by atomic mass is 9.94. The van der Waals surface area contributed by atoms with Gasteiger partial charge in [-0.3, -0.25) is 0 Å². The molecule has 90 valence electrons. The second-order valence-corrected chi connectivity index (χ2v) is 5.16. The normalized spacial score (nSPS) is 14.6. The maximum atomic E-state index is 14.6. The van der Waals surface area contributed by atoms with Gasteiger partial charge < -0.3 is 4.57 Å². The van der Waals surface area contributed by atoms with Crippen LogP contribution in [0.4, 0.5) is 4.39 Å². The summed E-state index contributed by atoms with van der Waals surface area (Å²) in [6, 6.07) is 7.27. The van der Waals surface area contributed by atoms with Crippen LogP contribution >= 0.6 is 15.9 Å². The largest absolute Gasteiger partial charge is 0.321 e. The van der Waals surface area contributed by atoms with Crippen molar-refractivity contribution in [2.45, 2.75) is 19.0 Å². The van der Waals surface area contributed by atoms with E-state index in [1.165, 1.54) is 0 Å². The number of hydrogen-bond donors (Lipinski definition) is 0. The first kappa shape index (κ1) is 12.2. The number of nitrogens with zero attached hydrogens (tertiary/aromatic N) is 3. The van der Waals surface area contributed by atoms with Gasteiger partial charge in [0.15, 0.2) is 0 Å². The molecule has 3 nitrogen and oxygen atoms in total. The highest BCUT2D eigenvalue weighted by atomic mass is 79.9. The van der Waals surface area contributed by atoms with Crippen LogP contribution in [-0.2, 0) is 19.1 Å². The Morgan fingerprint density at radius 1 is 1.47 bits per heavy atom. The van der Waals surface area contributed by atoms with Gasteiger partial charge >= 0.3 is 0 Å². The number of hydrogen-bond acceptors (Lipinski definition) is 2. The van der Waals surface area contributed by atoms with Gasteiger partial charge in [-0.25, -0.2) is 4.39 Å². The van der Waals surface area contributed by atoms with Crippen LogP contribution in [0.5, 0.6) is 0 Å². The fourth-order valence-corrected chi connectivity index (χ4v) is 2.08. The van der Waals surface area contributed by atoms with E-state index in [2.05, 4.69) is 26.1 Å². The third-order valence-corrected chi connectivity index (χ3v) is 3.22. The van der Waals surface area contributed by atoms with Crippen LogP contribution in [0.2, 0.25) is 0 Å². The molecule has 0 saturated carbocycles. The first-order valence-corrected chi connectivity index (χ1v) is 6.06. The van der Waals surface area contributed by atoms with Crippen molar-refractivity contribution in [3.8, 4) is 0 Å². The fraction of sp³-hybridized carbons (Fsp3) is 0.333. The smallest absolute Gasteiger partial charge is 0.140 e. The predicted molar refractivity (Wildman–Crippen MR) is 67.3 cm³/mol. The summed E-state index contributed by atoms with van der Waals surface area (Å²) in [7, 11) is 1.81. The van der Waals surface area contributed by atoms with E-state index in [1.807, 2.05) is 19.2 Å². The van der Waals surface area contributed by atoms with Gasteiger partial charge in [0, 0.05) is 17.9 Å². The minimum Gasteiger partial charge on any atom is -0.321 e. The standard InChI is InChI=1S/C12H13BrFN3/c1-12(14,7-11-16-15-8-17(11)2)9-4-3-5-10(13)6-9/h3-6,8H,7H2,1-2H3/t12-/m0/s1. The molecular weight excluding hydrogens is 285 g/mol. The van der Waals surface area contributed by atoms with Crippen LogP contribution < -0.4 is 0 Å². The van der Waals surface area contributed by atoms with E-state index in [9.17, 15) is 4.39 Å². The number of alkyl halides is 1. The van der Waals surface area contributed by atoms with Gasteiger partial charge in [-0.05, 0) is 24.6 Å². The van der Waals surface area contributed by atoms with Crippen molar-refractivity contribution >= 4 is 15.9 Å². The number of halogens is 2. The molecule has 0 spiro atoms. The molecule has 0 aliphatic heterocycles. The molecule has 0 N–H and O–H groups in total. The van der Waals surface area contributed by atoms with Crippen molar-refractivity contribution in [2.75, 3.05) is 0 Å². The highest BCUT2D eigenvalue weighted by Crippen LogP contribution is 2.30. The lowest BCUT2D eigenvalue weighted by molar-refractivity contribution is 0.186. The van der Waals surface area contributed by atoms with Gasteiger partial charge in [0.1, 0.15) is 17.8 Å². The zero-order valence-corrected chi connectivity index (χ0v) is 11.3. The lowest BCUT2D eigenvalue weighted by Crippen LogP contribution is -2.20.